The molecule has 1 aliphatic carbocycles. The normalized spacial score (nSPS) is 23.5. The SMILES string of the molecule is CCCOc1cc(C)ccc1NC1CC(OCC)C1(C)C. The molecule has 1 N–H and O–H groups in total. The Hall–Kier alpha value is -1.22. The lowest BCUT2D eigenvalue weighted by Gasteiger charge is -2.52. The molecule has 1 aromatic rings. The first-order valence-electron chi connectivity index (χ1n) is 8.10. The van der Waals surface area contributed by atoms with Crippen molar-refractivity contribution in [2.45, 2.75) is 59.6 Å². The molecule has 0 spiro atoms. The average Bonchev–Trinajstić information content (AvgIpc) is 2.45. The third kappa shape index (κ3) is 3.52. The van der Waals surface area contributed by atoms with E-state index in [0.29, 0.717) is 12.1 Å². The molecule has 1 aliphatic rings. The van der Waals surface area contributed by atoms with Gasteiger partial charge in [-0.05, 0) is 44.4 Å². The first-order valence-corrected chi connectivity index (χ1v) is 8.10. The molecule has 0 amide bonds. The molecular formula is C18H29NO2. The molecule has 2 unspecified atom stereocenters. The highest BCUT2D eigenvalue weighted by Crippen LogP contribution is 2.45. The summed E-state index contributed by atoms with van der Waals surface area (Å²) < 4.78 is 11.7. The molecule has 118 valence electrons. The van der Waals surface area contributed by atoms with E-state index < -0.39 is 0 Å². The van der Waals surface area contributed by atoms with Gasteiger partial charge in [0.15, 0.2) is 0 Å². The summed E-state index contributed by atoms with van der Waals surface area (Å²) in [5.74, 6) is 0.965. The first kappa shape index (κ1) is 16.2. The van der Waals surface area contributed by atoms with Crippen LogP contribution in [0, 0.1) is 12.3 Å². The van der Waals surface area contributed by atoms with Gasteiger partial charge in [0.1, 0.15) is 5.75 Å². The highest BCUT2D eigenvalue weighted by molar-refractivity contribution is 5.59. The predicted molar refractivity (Wildman–Crippen MR) is 88.2 cm³/mol. The maximum absolute atomic E-state index is 5.89. The predicted octanol–water partition coefficient (Wildman–Crippen LogP) is 4.40. The van der Waals surface area contributed by atoms with E-state index in [2.05, 4.69) is 58.1 Å². The number of hydrogen-bond acceptors (Lipinski definition) is 3. The second-order valence-corrected chi connectivity index (χ2v) is 6.55. The Morgan fingerprint density at radius 3 is 2.67 bits per heavy atom. The van der Waals surface area contributed by atoms with Crippen LogP contribution in [-0.4, -0.2) is 25.4 Å². The van der Waals surface area contributed by atoms with Gasteiger partial charge >= 0.3 is 0 Å². The van der Waals surface area contributed by atoms with Crippen molar-refractivity contribution in [1.29, 1.82) is 0 Å². The lowest BCUT2D eigenvalue weighted by atomic mass is 9.64. The Morgan fingerprint density at radius 1 is 1.29 bits per heavy atom. The van der Waals surface area contributed by atoms with E-state index in [4.69, 9.17) is 9.47 Å². The molecule has 1 fully saturated rings. The van der Waals surface area contributed by atoms with Crippen LogP contribution in [0.1, 0.15) is 46.1 Å². The highest BCUT2D eigenvalue weighted by atomic mass is 16.5. The number of hydrogen-bond donors (Lipinski definition) is 1. The van der Waals surface area contributed by atoms with Gasteiger partial charge in [0.2, 0.25) is 0 Å². The molecule has 1 saturated carbocycles. The van der Waals surface area contributed by atoms with Crippen LogP contribution in [0.2, 0.25) is 0 Å². The quantitative estimate of drug-likeness (QED) is 0.807. The van der Waals surface area contributed by atoms with Crippen LogP contribution >= 0.6 is 0 Å². The number of nitrogens with one attached hydrogen (secondary N) is 1. The van der Waals surface area contributed by atoms with Gasteiger partial charge in [-0.25, -0.2) is 0 Å². The molecule has 21 heavy (non-hydrogen) atoms. The topological polar surface area (TPSA) is 30.5 Å². The van der Waals surface area contributed by atoms with Gasteiger partial charge in [-0.15, -0.1) is 0 Å². The third-order valence-electron chi connectivity index (χ3n) is 4.47. The molecule has 0 saturated heterocycles. The van der Waals surface area contributed by atoms with Gasteiger partial charge in [-0.2, -0.15) is 0 Å². The van der Waals surface area contributed by atoms with Crippen LogP contribution < -0.4 is 10.1 Å². The molecule has 0 aromatic heterocycles. The zero-order valence-corrected chi connectivity index (χ0v) is 14.0. The Bertz CT molecular complexity index is 470. The van der Waals surface area contributed by atoms with Gasteiger partial charge < -0.3 is 14.8 Å². The summed E-state index contributed by atoms with van der Waals surface area (Å²) in [5.41, 5.74) is 2.48. The minimum absolute atomic E-state index is 0.156. The van der Waals surface area contributed by atoms with E-state index in [-0.39, 0.29) is 5.41 Å². The van der Waals surface area contributed by atoms with Crippen molar-refractivity contribution in [3.63, 3.8) is 0 Å². The number of ether oxygens (including phenoxy) is 2. The van der Waals surface area contributed by atoms with Crippen molar-refractivity contribution >= 4 is 5.69 Å². The summed E-state index contributed by atoms with van der Waals surface area (Å²) in [6.07, 6.45) is 2.43. The summed E-state index contributed by atoms with van der Waals surface area (Å²) in [4.78, 5) is 0. The number of anilines is 1. The van der Waals surface area contributed by atoms with Crippen molar-refractivity contribution < 1.29 is 9.47 Å². The van der Waals surface area contributed by atoms with Crippen LogP contribution in [0.4, 0.5) is 5.69 Å². The number of rotatable bonds is 7. The lowest BCUT2D eigenvalue weighted by molar-refractivity contribution is -0.0976. The largest absolute Gasteiger partial charge is 0.491 e. The van der Waals surface area contributed by atoms with Crippen molar-refractivity contribution in [3.8, 4) is 5.75 Å². The fourth-order valence-electron chi connectivity index (χ4n) is 2.88. The van der Waals surface area contributed by atoms with Crippen LogP contribution in [0.25, 0.3) is 0 Å². The smallest absolute Gasteiger partial charge is 0.142 e. The van der Waals surface area contributed by atoms with E-state index in [1.165, 1.54) is 5.56 Å². The van der Waals surface area contributed by atoms with Crippen molar-refractivity contribution in [2.24, 2.45) is 5.41 Å². The maximum atomic E-state index is 5.89. The maximum Gasteiger partial charge on any atom is 0.142 e. The third-order valence-corrected chi connectivity index (χ3v) is 4.47. The molecule has 0 bridgehead atoms. The minimum atomic E-state index is 0.156. The number of aryl methyl sites for hydroxylation is 1. The summed E-state index contributed by atoms with van der Waals surface area (Å²) in [7, 11) is 0. The van der Waals surface area contributed by atoms with Gasteiger partial charge in [0.05, 0.1) is 18.4 Å². The second-order valence-electron chi connectivity index (χ2n) is 6.55. The fraction of sp³-hybridized carbons (Fsp3) is 0.667. The molecule has 3 nitrogen and oxygen atoms in total. The summed E-state index contributed by atoms with van der Waals surface area (Å²) >= 11 is 0. The Balaban J connectivity index is 2.06. The lowest BCUT2D eigenvalue weighted by Crippen LogP contribution is -2.58. The van der Waals surface area contributed by atoms with Gasteiger partial charge in [0.25, 0.3) is 0 Å². The molecule has 2 rings (SSSR count). The highest BCUT2D eigenvalue weighted by Gasteiger charge is 2.49. The zero-order chi connectivity index (χ0) is 15.5. The molecule has 2 atom stereocenters. The first-order chi connectivity index (χ1) is 9.98. The van der Waals surface area contributed by atoms with Crippen LogP contribution in [0.15, 0.2) is 18.2 Å². The van der Waals surface area contributed by atoms with E-state index in [0.717, 1.165) is 37.5 Å². The van der Waals surface area contributed by atoms with E-state index in [1.54, 1.807) is 0 Å². The van der Waals surface area contributed by atoms with Crippen molar-refractivity contribution in [3.05, 3.63) is 23.8 Å². The Labute approximate surface area is 129 Å². The monoisotopic (exact) mass is 291 g/mol. The molecule has 0 radical (unpaired) electrons. The average molecular weight is 291 g/mol. The minimum Gasteiger partial charge on any atom is -0.491 e. The van der Waals surface area contributed by atoms with E-state index in [9.17, 15) is 0 Å². The van der Waals surface area contributed by atoms with Crippen LogP contribution in [0.3, 0.4) is 0 Å². The number of benzene rings is 1. The molecule has 0 aliphatic heterocycles. The van der Waals surface area contributed by atoms with Crippen LogP contribution in [-0.2, 0) is 4.74 Å². The Morgan fingerprint density at radius 2 is 2.05 bits per heavy atom. The van der Waals surface area contributed by atoms with Gasteiger partial charge in [0, 0.05) is 18.1 Å². The second kappa shape index (κ2) is 6.69. The Kier molecular flexibility index (Phi) is 5.15. The fourth-order valence-corrected chi connectivity index (χ4v) is 2.88. The molecule has 3 heteroatoms. The standard InChI is InChI=1S/C18H29NO2/c1-6-10-21-15-11-13(3)8-9-14(15)19-16-12-17(20-7-2)18(16,4)5/h8-9,11,16-17,19H,6-7,10,12H2,1-5H3. The zero-order valence-electron chi connectivity index (χ0n) is 14.0. The molecule has 0 heterocycles. The van der Waals surface area contributed by atoms with Crippen molar-refractivity contribution in [1.82, 2.24) is 0 Å². The van der Waals surface area contributed by atoms with E-state index >= 15 is 0 Å². The van der Waals surface area contributed by atoms with Gasteiger partial charge in [-0.3, -0.25) is 0 Å². The van der Waals surface area contributed by atoms with Crippen LogP contribution in [0.5, 0.6) is 5.75 Å². The van der Waals surface area contributed by atoms with Crippen molar-refractivity contribution in [2.75, 3.05) is 18.5 Å². The molecular weight excluding hydrogens is 262 g/mol. The van der Waals surface area contributed by atoms with Gasteiger partial charge in [-0.1, -0.05) is 26.8 Å². The summed E-state index contributed by atoms with van der Waals surface area (Å²) in [6.45, 7) is 12.4. The summed E-state index contributed by atoms with van der Waals surface area (Å²) in [5, 5.41) is 3.66. The van der Waals surface area contributed by atoms with E-state index in [1.807, 2.05) is 0 Å². The molecule has 1 aromatic carbocycles. The summed E-state index contributed by atoms with van der Waals surface area (Å²) in [6, 6.07) is 6.81.